The number of likely N-dealkylation sites (tertiary alicyclic amines) is 1. The fourth-order valence-electron chi connectivity index (χ4n) is 6.79. The van der Waals surface area contributed by atoms with E-state index >= 15 is 0 Å². The highest BCUT2D eigenvalue weighted by molar-refractivity contribution is 5.41. The number of hydrogen-bond donors (Lipinski definition) is 2. The molecule has 3 aliphatic rings. The van der Waals surface area contributed by atoms with Crippen molar-refractivity contribution in [3.8, 4) is 0 Å². The second-order valence-electron chi connectivity index (χ2n) is 11.7. The highest BCUT2D eigenvalue weighted by Gasteiger charge is 2.50. The molecule has 2 aromatic rings. The zero-order valence-electron chi connectivity index (χ0n) is 20.2. The molecule has 33 heavy (non-hydrogen) atoms. The summed E-state index contributed by atoms with van der Waals surface area (Å²) in [6, 6.07) is 16.6. The molecule has 2 bridgehead atoms. The number of hydrogen-bond acceptors (Lipinski definition) is 5. The van der Waals surface area contributed by atoms with Gasteiger partial charge in [0.1, 0.15) is 0 Å². The van der Waals surface area contributed by atoms with E-state index < -0.39 is 6.29 Å². The predicted molar refractivity (Wildman–Crippen MR) is 130 cm³/mol. The highest BCUT2D eigenvalue weighted by Crippen LogP contribution is 2.52. The number of ether oxygens (including phenoxy) is 2. The number of rotatable bonds is 5. The van der Waals surface area contributed by atoms with Crippen molar-refractivity contribution >= 4 is 5.69 Å². The number of nitrogens with two attached hydrogens (primary N) is 1. The van der Waals surface area contributed by atoms with Gasteiger partial charge in [0.15, 0.2) is 6.29 Å². The van der Waals surface area contributed by atoms with E-state index in [2.05, 4.69) is 37.8 Å². The van der Waals surface area contributed by atoms with E-state index in [1.807, 2.05) is 36.4 Å². The van der Waals surface area contributed by atoms with Gasteiger partial charge in [-0.25, -0.2) is 0 Å². The zero-order chi connectivity index (χ0) is 23.2. The molecular formula is C28H38N2O3. The average Bonchev–Trinajstić information content (AvgIpc) is 3.01. The van der Waals surface area contributed by atoms with Gasteiger partial charge in [0.05, 0.1) is 18.8 Å². The van der Waals surface area contributed by atoms with Crippen LogP contribution in [-0.2, 0) is 16.1 Å². The fourth-order valence-corrected chi connectivity index (χ4v) is 6.79. The van der Waals surface area contributed by atoms with Crippen molar-refractivity contribution in [2.75, 3.05) is 18.8 Å². The minimum atomic E-state index is -0.441. The van der Waals surface area contributed by atoms with Gasteiger partial charge in [0, 0.05) is 36.8 Å². The second kappa shape index (κ2) is 8.70. The zero-order valence-corrected chi connectivity index (χ0v) is 20.2. The first kappa shape index (κ1) is 22.9. The Labute approximate surface area is 197 Å². The van der Waals surface area contributed by atoms with E-state index in [1.165, 1.54) is 19.3 Å². The fraction of sp³-hybridized carbons (Fsp3) is 0.571. The number of fused-ring (bicyclic) bond motifs is 2. The molecule has 3 N–H and O–H groups in total. The van der Waals surface area contributed by atoms with Crippen molar-refractivity contribution in [1.29, 1.82) is 0 Å². The molecule has 2 aliphatic heterocycles. The first-order chi connectivity index (χ1) is 15.7. The van der Waals surface area contributed by atoms with E-state index in [1.54, 1.807) is 0 Å². The van der Waals surface area contributed by atoms with Crippen LogP contribution in [0.1, 0.15) is 75.5 Å². The number of nitrogens with zero attached hydrogens (tertiary/aromatic N) is 1. The summed E-state index contributed by atoms with van der Waals surface area (Å²) in [6.45, 7) is 9.45. The summed E-state index contributed by atoms with van der Waals surface area (Å²) in [5.41, 5.74) is 10.6. The van der Waals surface area contributed by atoms with E-state index in [9.17, 15) is 5.11 Å². The van der Waals surface area contributed by atoms with E-state index in [0.717, 1.165) is 36.2 Å². The van der Waals surface area contributed by atoms with E-state index in [4.69, 9.17) is 15.2 Å². The SMILES string of the molecule is CC1(C)CC2CC(C)(CN2C[C@@H]2C[C@H](c3ccc(CO)cc3)O[C@H](c3cccc(N)c3)O2)C1. The smallest absolute Gasteiger partial charge is 0.185 e. The molecule has 5 rings (SSSR count). The topological polar surface area (TPSA) is 68.0 Å². The van der Waals surface area contributed by atoms with Crippen molar-refractivity contribution < 1.29 is 14.6 Å². The molecule has 2 heterocycles. The van der Waals surface area contributed by atoms with Crippen LogP contribution in [-0.4, -0.2) is 35.2 Å². The molecule has 2 aromatic carbocycles. The lowest BCUT2D eigenvalue weighted by Crippen LogP contribution is -2.42. The second-order valence-corrected chi connectivity index (χ2v) is 11.7. The molecule has 5 atom stereocenters. The van der Waals surface area contributed by atoms with Crippen molar-refractivity contribution in [1.82, 2.24) is 4.90 Å². The van der Waals surface area contributed by atoms with Gasteiger partial charge >= 0.3 is 0 Å². The number of aliphatic hydroxyl groups excluding tert-OH is 1. The van der Waals surface area contributed by atoms with Gasteiger partial charge in [0.25, 0.3) is 0 Å². The van der Waals surface area contributed by atoms with Crippen molar-refractivity contribution in [2.45, 2.75) is 77.6 Å². The van der Waals surface area contributed by atoms with Crippen LogP contribution in [0.3, 0.4) is 0 Å². The summed E-state index contributed by atoms with van der Waals surface area (Å²) in [5.74, 6) is 0. The molecule has 5 nitrogen and oxygen atoms in total. The normalized spacial score (nSPS) is 33.8. The van der Waals surface area contributed by atoms with Gasteiger partial charge in [-0.1, -0.05) is 57.2 Å². The Kier molecular flexibility index (Phi) is 6.02. The molecule has 5 heteroatoms. The maximum Gasteiger partial charge on any atom is 0.185 e. The van der Waals surface area contributed by atoms with Crippen LogP contribution in [0.5, 0.6) is 0 Å². The predicted octanol–water partition coefficient (Wildman–Crippen LogP) is 5.21. The monoisotopic (exact) mass is 450 g/mol. The van der Waals surface area contributed by atoms with Crippen LogP contribution < -0.4 is 5.73 Å². The summed E-state index contributed by atoms with van der Waals surface area (Å²) in [5, 5.41) is 9.42. The highest BCUT2D eigenvalue weighted by atomic mass is 16.7. The Morgan fingerprint density at radius 2 is 1.82 bits per heavy atom. The molecule has 0 aromatic heterocycles. The minimum absolute atomic E-state index is 0.0505. The lowest BCUT2D eigenvalue weighted by molar-refractivity contribution is -0.253. The molecule has 0 amide bonds. The van der Waals surface area contributed by atoms with Gasteiger partial charge in [-0.15, -0.1) is 0 Å². The van der Waals surface area contributed by atoms with Gasteiger partial charge < -0.3 is 20.3 Å². The van der Waals surface area contributed by atoms with Crippen LogP contribution in [0.25, 0.3) is 0 Å². The first-order valence-corrected chi connectivity index (χ1v) is 12.3. The maximum absolute atomic E-state index is 9.42. The van der Waals surface area contributed by atoms with E-state index in [0.29, 0.717) is 22.6 Å². The quantitative estimate of drug-likeness (QED) is 0.612. The third-order valence-electron chi connectivity index (χ3n) is 7.76. The van der Waals surface area contributed by atoms with Gasteiger partial charge in [-0.3, -0.25) is 4.90 Å². The molecule has 2 saturated heterocycles. The summed E-state index contributed by atoms with van der Waals surface area (Å²) >= 11 is 0. The summed E-state index contributed by atoms with van der Waals surface area (Å²) in [7, 11) is 0. The third kappa shape index (κ3) is 4.97. The number of anilines is 1. The molecule has 3 fully saturated rings. The summed E-state index contributed by atoms with van der Waals surface area (Å²) < 4.78 is 13.0. The Balaban J connectivity index is 1.37. The van der Waals surface area contributed by atoms with Crippen LogP contribution in [0, 0.1) is 10.8 Å². The minimum Gasteiger partial charge on any atom is -0.399 e. The summed E-state index contributed by atoms with van der Waals surface area (Å²) in [4.78, 5) is 2.69. The number of benzene rings is 2. The third-order valence-corrected chi connectivity index (χ3v) is 7.76. The molecule has 0 spiro atoms. The molecule has 178 valence electrons. The molecule has 2 unspecified atom stereocenters. The Morgan fingerprint density at radius 1 is 1.03 bits per heavy atom. The molecular weight excluding hydrogens is 412 g/mol. The van der Waals surface area contributed by atoms with Crippen molar-refractivity contribution in [2.24, 2.45) is 10.8 Å². The van der Waals surface area contributed by atoms with Crippen LogP contribution in [0.4, 0.5) is 5.69 Å². The average molecular weight is 451 g/mol. The van der Waals surface area contributed by atoms with Crippen molar-refractivity contribution in [3.63, 3.8) is 0 Å². The number of nitrogen functional groups attached to an aromatic ring is 1. The van der Waals surface area contributed by atoms with Gasteiger partial charge in [0.2, 0.25) is 0 Å². The number of aliphatic hydroxyl groups is 1. The van der Waals surface area contributed by atoms with Crippen LogP contribution in [0.2, 0.25) is 0 Å². The van der Waals surface area contributed by atoms with Gasteiger partial charge in [-0.05, 0) is 53.4 Å². The van der Waals surface area contributed by atoms with Crippen molar-refractivity contribution in [3.05, 3.63) is 65.2 Å². The van der Waals surface area contributed by atoms with E-state index in [-0.39, 0.29) is 18.8 Å². The summed E-state index contributed by atoms with van der Waals surface area (Å²) in [6.07, 6.45) is 4.26. The van der Waals surface area contributed by atoms with Crippen LogP contribution in [0.15, 0.2) is 48.5 Å². The standard InChI is InChI=1S/C28H38N2O3/c1-27(2)13-23-14-28(3,17-27)18-30(23)15-24-12-25(20-9-7-19(16-31)8-10-20)33-26(32-24)21-5-4-6-22(29)11-21/h4-11,23-26,31H,12-18,29H2,1-3H3/t23?,24-,25+,26+,28?/m0/s1. The molecule has 0 radical (unpaired) electrons. The Bertz CT molecular complexity index is 975. The van der Waals surface area contributed by atoms with Crippen LogP contribution >= 0.6 is 0 Å². The molecule has 1 saturated carbocycles. The van der Waals surface area contributed by atoms with Gasteiger partial charge in [-0.2, -0.15) is 0 Å². The maximum atomic E-state index is 9.42. The Hall–Kier alpha value is -1.92. The first-order valence-electron chi connectivity index (χ1n) is 12.3. The lowest BCUT2D eigenvalue weighted by Gasteiger charge is -2.41. The largest absolute Gasteiger partial charge is 0.399 e. The lowest BCUT2D eigenvalue weighted by atomic mass is 9.65. The molecule has 1 aliphatic carbocycles. The Morgan fingerprint density at radius 3 is 2.55 bits per heavy atom.